The molecule has 0 aromatic carbocycles. The number of hydrogen-bond donors (Lipinski definition) is 0. The van der Waals surface area contributed by atoms with Crippen LogP contribution in [0.25, 0.3) is 0 Å². The van der Waals surface area contributed by atoms with Crippen molar-refractivity contribution in [3.8, 4) is 0 Å². The molecule has 1 aliphatic carbocycles. The summed E-state index contributed by atoms with van der Waals surface area (Å²) in [5.74, 6) is -1.81. The van der Waals surface area contributed by atoms with Gasteiger partial charge in [0, 0.05) is 5.92 Å². The van der Waals surface area contributed by atoms with E-state index < -0.39 is 17.9 Å². The van der Waals surface area contributed by atoms with Gasteiger partial charge in [-0.1, -0.05) is 25.3 Å². The first-order chi connectivity index (χ1) is 8.65. The molecule has 18 heavy (non-hydrogen) atoms. The molecule has 1 rings (SSSR count). The molecule has 0 aromatic heterocycles. The van der Waals surface area contributed by atoms with Crippen molar-refractivity contribution in [3.63, 3.8) is 0 Å². The largest absolute Gasteiger partial charge is 0.468 e. The van der Waals surface area contributed by atoms with Crippen LogP contribution in [-0.4, -0.2) is 26.2 Å². The van der Waals surface area contributed by atoms with E-state index in [1.54, 1.807) is 6.08 Å². The van der Waals surface area contributed by atoms with Gasteiger partial charge in [-0.05, 0) is 18.8 Å². The summed E-state index contributed by atoms with van der Waals surface area (Å²) in [5.41, 5.74) is 0. The van der Waals surface area contributed by atoms with Crippen LogP contribution in [-0.2, 0) is 19.1 Å². The Morgan fingerprint density at radius 2 is 1.61 bits per heavy atom. The lowest BCUT2D eigenvalue weighted by Gasteiger charge is -2.31. The molecule has 1 aliphatic rings. The minimum atomic E-state index is -0.874. The van der Waals surface area contributed by atoms with Crippen molar-refractivity contribution in [2.24, 2.45) is 17.8 Å². The molecular formula is C14H22O4. The molecule has 4 nitrogen and oxygen atoms in total. The zero-order valence-corrected chi connectivity index (χ0v) is 11.2. The third-order valence-corrected chi connectivity index (χ3v) is 3.76. The van der Waals surface area contributed by atoms with Gasteiger partial charge in [0.1, 0.15) is 0 Å². The number of rotatable bonds is 5. The number of ether oxygens (including phenoxy) is 2. The highest BCUT2D eigenvalue weighted by molar-refractivity contribution is 5.95. The van der Waals surface area contributed by atoms with Crippen LogP contribution in [0.4, 0.5) is 0 Å². The Morgan fingerprint density at radius 3 is 2.00 bits per heavy atom. The van der Waals surface area contributed by atoms with E-state index in [-0.39, 0.29) is 5.92 Å². The Kier molecular flexibility index (Phi) is 5.89. The van der Waals surface area contributed by atoms with Crippen LogP contribution in [0.5, 0.6) is 0 Å². The van der Waals surface area contributed by atoms with Crippen molar-refractivity contribution < 1.29 is 19.1 Å². The topological polar surface area (TPSA) is 52.6 Å². The van der Waals surface area contributed by atoms with Gasteiger partial charge in [-0.25, -0.2) is 0 Å². The summed E-state index contributed by atoms with van der Waals surface area (Å²) < 4.78 is 9.44. The summed E-state index contributed by atoms with van der Waals surface area (Å²) in [6.45, 7) is 3.77. The van der Waals surface area contributed by atoms with E-state index in [0.717, 1.165) is 25.7 Å². The van der Waals surface area contributed by atoms with Crippen molar-refractivity contribution in [1.29, 1.82) is 0 Å². The lowest BCUT2D eigenvalue weighted by Crippen LogP contribution is -2.36. The molecule has 0 saturated heterocycles. The van der Waals surface area contributed by atoms with Gasteiger partial charge < -0.3 is 9.47 Å². The predicted molar refractivity (Wildman–Crippen MR) is 67.8 cm³/mol. The van der Waals surface area contributed by atoms with Gasteiger partial charge in [-0.3, -0.25) is 9.59 Å². The molecule has 0 aliphatic heterocycles. The number of hydrogen-bond acceptors (Lipinski definition) is 4. The molecule has 0 N–H and O–H groups in total. The summed E-state index contributed by atoms with van der Waals surface area (Å²) in [7, 11) is 2.58. The van der Waals surface area contributed by atoms with Crippen LogP contribution < -0.4 is 0 Å². The normalized spacial score (nSPS) is 18.2. The van der Waals surface area contributed by atoms with Crippen LogP contribution in [0, 0.1) is 17.8 Å². The maximum absolute atomic E-state index is 11.8. The maximum Gasteiger partial charge on any atom is 0.320 e. The quantitative estimate of drug-likeness (QED) is 0.429. The Labute approximate surface area is 108 Å². The van der Waals surface area contributed by atoms with Gasteiger partial charge in [-0.15, -0.1) is 6.58 Å². The average Bonchev–Trinajstić information content (AvgIpc) is 2.44. The van der Waals surface area contributed by atoms with E-state index >= 15 is 0 Å². The number of allylic oxidation sites excluding steroid dienone is 1. The third kappa shape index (κ3) is 3.34. The first-order valence-electron chi connectivity index (χ1n) is 6.44. The molecule has 0 amide bonds. The van der Waals surface area contributed by atoms with Crippen molar-refractivity contribution in [2.75, 3.05) is 14.2 Å². The summed E-state index contributed by atoms with van der Waals surface area (Å²) in [5, 5.41) is 0. The summed E-state index contributed by atoms with van der Waals surface area (Å²) in [6.07, 6.45) is 7.27. The Balaban J connectivity index is 2.88. The second-order valence-corrected chi connectivity index (χ2v) is 4.74. The highest BCUT2D eigenvalue weighted by atomic mass is 16.5. The van der Waals surface area contributed by atoms with Crippen molar-refractivity contribution >= 4 is 11.9 Å². The van der Waals surface area contributed by atoms with Crippen LogP contribution >= 0.6 is 0 Å². The SMILES string of the molecule is C=CC(C1CCCCC1)C(C(=O)OC)C(=O)OC. The standard InChI is InChI=1S/C14H22O4/c1-4-11(10-8-6-5-7-9-10)12(13(15)17-2)14(16)18-3/h4,10-12H,1,5-9H2,2-3H3. The monoisotopic (exact) mass is 254 g/mol. The Morgan fingerprint density at radius 1 is 1.11 bits per heavy atom. The van der Waals surface area contributed by atoms with E-state index in [4.69, 9.17) is 9.47 Å². The van der Waals surface area contributed by atoms with E-state index in [1.165, 1.54) is 20.6 Å². The first kappa shape index (κ1) is 14.7. The smallest absolute Gasteiger partial charge is 0.320 e. The van der Waals surface area contributed by atoms with Gasteiger partial charge in [0.05, 0.1) is 14.2 Å². The minimum Gasteiger partial charge on any atom is -0.468 e. The molecule has 4 heteroatoms. The van der Waals surface area contributed by atoms with E-state index in [2.05, 4.69) is 6.58 Å². The van der Waals surface area contributed by atoms with E-state index in [1.807, 2.05) is 0 Å². The van der Waals surface area contributed by atoms with Crippen LogP contribution in [0.1, 0.15) is 32.1 Å². The lowest BCUT2D eigenvalue weighted by atomic mass is 9.74. The fourth-order valence-corrected chi connectivity index (χ4v) is 2.78. The first-order valence-corrected chi connectivity index (χ1v) is 6.44. The zero-order valence-electron chi connectivity index (χ0n) is 11.2. The number of carbonyl (C=O) groups is 2. The molecular weight excluding hydrogens is 232 g/mol. The van der Waals surface area contributed by atoms with Gasteiger partial charge in [0.2, 0.25) is 0 Å². The molecule has 0 bridgehead atoms. The fourth-order valence-electron chi connectivity index (χ4n) is 2.78. The predicted octanol–water partition coefficient (Wildman–Crippen LogP) is 2.33. The van der Waals surface area contributed by atoms with Crippen molar-refractivity contribution in [3.05, 3.63) is 12.7 Å². The molecule has 1 unspecified atom stereocenters. The Hall–Kier alpha value is -1.32. The van der Waals surface area contributed by atoms with Crippen LogP contribution in [0.3, 0.4) is 0 Å². The van der Waals surface area contributed by atoms with Gasteiger partial charge in [0.15, 0.2) is 5.92 Å². The molecule has 1 atom stereocenters. The van der Waals surface area contributed by atoms with Gasteiger partial charge in [-0.2, -0.15) is 0 Å². The second kappa shape index (κ2) is 7.19. The molecule has 1 saturated carbocycles. The molecule has 1 fully saturated rings. The fraction of sp³-hybridized carbons (Fsp3) is 0.714. The molecule has 0 radical (unpaired) electrons. The van der Waals surface area contributed by atoms with Crippen molar-refractivity contribution in [2.45, 2.75) is 32.1 Å². The minimum absolute atomic E-state index is 0.190. The highest BCUT2D eigenvalue weighted by Crippen LogP contribution is 2.35. The molecule has 0 aromatic rings. The summed E-state index contributed by atoms with van der Waals surface area (Å²) in [4.78, 5) is 23.6. The number of methoxy groups -OCH3 is 2. The second-order valence-electron chi connectivity index (χ2n) is 4.74. The Bertz CT molecular complexity index is 289. The average molecular weight is 254 g/mol. The molecule has 102 valence electrons. The lowest BCUT2D eigenvalue weighted by molar-refractivity contribution is -0.161. The third-order valence-electron chi connectivity index (χ3n) is 3.76. The van der Waals surface area contributed by atoms with Crippen LogP contribution in [0.15, 0.2) is 12.7 Å². The van der Waals surface area contributed by atoms with Gasteiger partial charge in [0.25, 0.3) is 0 Å². The maximum atomic E-state index is 11.8. The summed E-state index contributed by atoms with van der Waals surface area (Å²) >= 11 is 0. The van der Waals surface area contributed by atoms with Crippen LogP contribution in [0.2, 0.25) is 0 Å². The van der Waals surface area contributed by atoms with Crippen molar-refractivity contribution in [1.82, 2.24) is 0 Å². The highest BCUT2D eigenvalue weighted by Gasteiger charge is 2.39. The molecule has 0 heterocycles. The van der Waals surface area contributed by atoms with E-state index in [9.17, 15) is 9.59 Å². The number of carbonyl (C=O) groups excluding carboxylic acids is 2. The summed E-state index contributed by atoms with van der Waals surface area (Å²) in [6, 6.07) is 0. The molecule has 0 spiro atoms. The zero-order chi connectivity index (χ0) is 13.5. The number of esters is 2. The van der Waals surface area contributed by atoms with Gasteiger partial charge >= 0.3 is 11.9 Å². The van der Waals surface area contributed by atoms with E-state index in [0.29, 0.717) is 5.92 Å².